The summed E-state index contributed by atoms with van der Waals surface area (Å²) in [5.41, 5.74) is 3.46. The number of phenols is 1. The molecule has 2 rings (SSSR count). The highest BCUT2D eigenvalue weighted by Crippen LogP contribution is 2.27. The summed E-state index contributed by atoms with van der Waals surface area (Å²) >= 11 is 0. The Morgan fingerprint density at radius 2 is 1.63 bits per heavy atom. The van der Waals surface area contributed by atoms with Crippen molar-refractivity contribution in [3.8, 4) is 16.9 Å². The van der Waals surface area contributed by atoms with E-state index < -0.39 is 0 Å². The third kappa shape index (κ3) is 3.85. The van der Waals surface area contributed by atoms with Gasteiger partial charge in [-0.15, -0.1) is 0 Å². The molecule has 0 bridgehead atoms. The molecule has 0 fully saturated rings. The lowest BCUT2D eigenvalue weighted by Gasteiger charge is -2.08. The molecular weight excluding hydrogens is 232 g/mol. The van der Waals surface area contributed by atoms with Crippen LogP contribution in [0.4, 0.5) is 0 Å². The van der Waals surface area contributed by atoms with Crippen LogP contribution >= 0.6 is 0 Å². The van der Waals surface area contributed by atoms with E-state index in [-0.39, 0.29) is 0 Å². The molecule has 1 N–H and O–H groups in total. The van der Waals surface area contributed by atoms with Gasteiger partial charge in [0.25, 0.3) is 0 Å². The average Bonchev–Trinajstić information content (AvgIpc) is 2.46. The van der Waals surface area contributed by atoms with Crippen LogP contribution in [0.3, 0.4) is 0 Å². The normalized spacial score (nSPS) is 10.6. The molecule has 0 saturated heterocycles. The van der Waals surface area contributed by atoms with E-state index in [4.69, 9.17) is 0 Å². The van der Waals surface area contributed by atoms with Crippen LogP contribution in [0, 0.1) is 0 Å². The van der Waals surface area contributed by atoms with E-state index in [1.807, 2.05) is 30.3 Å². The predicted molar refractivity (Wildman–Crippen MR) is 81.4 cm³/mol. The minimum Gasteiger partial charge on any atom is -0.508 e. The Bertz CT molecular complexity index is 502. The predicted octanol–water partition coefficient (Wildman–Crippen LogP) is 5.18. The van der Waals surface area contributed by atoms with E-state index in [1.165, 1.54) is 30.4 Å². The van der Waals surface area contributed by atoms with Crippen LogP contribution in [0.5, 0.6) is 5.75 Å². The maximum Gasteiger partial charge on any atom is 0.118 e. The standard InChI is InChI=1S/C18H22O/c1-2-3-4-6-11-17-14-16(12-13-18(17)19)15-9-7-5-8-10-15/h5,7-10,12-14,19H,2-4,6,11H2,1H3. The Morgan fingerprint density at radius 3 is 2.37 bits per heavy atom. The first kappa shape index (κ1) is 13.7. The van der Waals surface area contributed by atoms with E-state index in [1.54, 1.807) is 0 Å². The molecule has 1 nitrogen and oxygen atoms in total. The maximum atomic E-state index is 9.94. The maximum absolute atomic E-state index is 9.94. The van der Waals surface area contributed by atoms with Crippen molar-refractivity contribution in [3.05, 3.63) is 54.1 Å². The number of hydrogen-bond acceptors (Lipinski definition) is 1. The number of aromatic hydroxyl groups is 1. The van der Waals surface area contributed by atoms with Gasteiger partial charge in [0.05, 0.1) is 0 Å². The fourth-order valence-corrected chi connectivity index (χ4v) is 2.34. The molecule has 0 spiro atoms. The molecule has 0 radical (unpaired) electrons. The lowest BCUT2D eigenvalue weighted by atomic mass is 9.99. The Hall–Kier alpha value is -1.76. The summed E-state index contributed by atoms with van der Waals surface area (Å²) in [6.07, 6.45) is 5.88. The molecule has 100 valence electrons. The van der Waals surface area contributed by atoms with Crippen molar-refractivity contribution in [2.24, 2.45) is 0 Å². The minimum atomic E-state index is 0.427. The van der Waals surface area contributed by atoms with E-state index in [2.05, 4.69) is 25.1 Å². The van der Waals surface area contributed by atoms with Gasteiger partial charge in [-0.2, -0.15) is 0 Å². The van der Waals surface area contributed by atoms with Crippen molar-refractivity contribution in [1.82, 2.24) is 0 Å². The molecule has 1 heteroatoms. The second-order valence-electron chi connectivity index (χ2n) is 5.02. The van der Waals surface area contributed by atoms with Gasteiger partial charge in [-0.3, -0.25) is 0 Å². The Labute approximate surface area is 115 Å². The number of rotatable bonds is 6. The Morgan fingerprint density at radius 1 is 0.842 bits per heavy atom. The van der Waals surface area contributed by atoms with Crippen molar-refractivity contribution in [2.75, 3.05) is 0 Å². The third-order valence-corrected chi connectivity index (χ3v) is 3.49. The smallest absolute Gasteiger partial charge is 0.118 e. The van der Waals surface area contributed by atoms with Gasteiger partial charge < -0.3 is 5.11 Å². The first-order chi connectivity index (χ1) is 9.31. The third-order valence-electron chi connectivity index (χ3n) is 3.49. The highest BCUT2D eigenvalue weighted by Gasteiger charge is 2.04. The molecule has 0 aliphatic heterocycles. The zero-order chi connectivity index (χ0) is 13.5. The Balaban J connectivity index is 2.11. The van der Waals surface area contributed by atoms with Gasteiger partial charge in [0.2, 0.25) is 0 Å². The molecule has 0 aromatic heterocycles. The minimum absolute atomic E-state index is 0.427. The van der Waals surface area contributed by atoms with Crippen molar-refractivity contribution in [3.63, 3.8) is 0 Å². The summed E-state index contributed by atoms with van der Waals surface area (Å²) in [6.45, 7) is 2.22. The first-order valence-electron chi connectivity index (χ1n) is 7.18. The van der Waals surface area contributed by atoms with E-state index in [0.29, 0.717) is 5.75 Å². The van der Waals surface area contributed by atoms with E-state index >= 15 is 0 Å². The summed E-state index contributed by atoms with van der Waals surface area (Å²) in [4.78, 5) is 0. The van der Waals surface area contributed by atoms with Gasteiger partial charge >= 0.3 is 0 Å². The van der Waals surface area contributed by atoms with Crippen LogP contribution in [-0.2, 0) is 6.42 Å². The van der Waals surface area contributed by atoms with E-state index in [9.17, 15) is 5.11 Å². The second-order valence-corrected chi connectivity index (χ2v) is 5.02. The largest absolute Gasteiger partial charge is 0.508 e. The Kier molecular flexibility index (Phi) is 5.02. The van der Waals surface area contributed by atoms with E-state index in [0.717, 1.165) is 18.4 Å². The van der Waals surface area contributed by atoms with Crippen LogP contribution in [0.1, 0.15) is 38.2 Å². The number of aryl methyl sites for hydroxylation is 1. The molecule has 0 aliphatic carbocycles. The molecule has 0 amide bonds. The molecule has 19 heavy (non-hydrogen) atoms. The van der Waals surface area contributed by atoms with Gasteiger partial charge in [-0.05, 0) is 41.7 Å². The molecule has 2 aromatic carbocycles. The summed E-state index contributed by atoms with van der Waals surface area (Å²) < 4.78 is 0. The van der Waals surface area contributed by atoms with Crippen LogP contribution in [-0.4, -0.2) is 5.11 Å². The zero-order valence-corrected chi connectivity index (χ0v) is 11.6. The summed E-state index contributed by atoms with van der Waals surface area (Å²) in [7, 11) is 0. The van der Waals surface area contributed by atoms with Crippen LogP contribution in [0.25, 0.3) is 11.1 Å². The number of benzene rings is 2. The molecule has 0 saturated carbocycles. The highest BCUT2D eigenvalue weighted by atomic mass is 16.3. The second kappa shape index (κ2) is 6.98. The van der Waals surface area contributed by atoms with Gasteiger partial charge in [0, 0.05) is 0 Å². The fourth-order valence-electron chi connectivity index (χ4n) is 2.34. The topological polar surface area (TPSA) is 20.2 Å². The molecule has 0 atom stereocenters. The quantitative estimate of drug-likeness (QED) is 0.704. The summed E-state index contributed by atoms with van der Waals surface area (Å²) in [6, 6.07) is 16.2. The fraction of sp³-hybridized carbons (Fsp3) is 0.333. The SMILES string of the molecule is CCCCCCc1cc(-c2ccccc2)ccc1O. The molecule has 0 heterocycles. The zero-order valence-electron chi connectivity index (χ0n) is 11.6. The molecule has 0 unspecified atom stereocenters. The summed E-state index contributed by atoms with van der Waals surface area (Å²) in [5.74, 6) is 0.427. The molecule has 0 aliphatic rings. The monoisotopic (exact) mass is 254 g/mol. The van der Waals surface area contributed by atoms with Crippen LogP contribution in [0.2, 0.25) is 0 Å². The summed E-state index contributed by atoms with van der Waals surface area (Å²) in [5, 5.41) is 9.94. The number of hydrogen-bond donors (Lipinski definition) is 1. The first-order valence-corrected chi connectivity index (χ1v) is 7.18. The number of unbranched alkanes of at least 4 members (excludes halogenated alkanes) is 3. The van der Waals surface area contributed by atoms with Gasteiger partial charge in [-0.25, -0.2) is 0 Å². The highest BCUT2D eigenvalue weighted by molar-refractivity contribution is 5.65. The van der Waals surface area contributed by atoms with Crippen molar-refractivity contribution in [1.29, 1.82) is 0 Å². The molecule has 2 aromatic rings. The van der Waals surface area contributed by atoms with Crippen molar-refractivity contribution >= 4 is 0 Å². The van der Waals surface area contributed by atoms with Gasteiger partial charge in [0.15, 0.2) is 0 Å². The lowest BCUT2D eigenvalue weighted by Crippen LogP contribution is -1.88. The lowest BCUT2D eigenvalue weighted by molar-refractivity contribution is 0.466. The average molecular weight is 254 g/mol. The molecular formula is C18H22O. The van der Waals surface area contributed by atoms with Crippen LogP contribution in [0.15, 0.2) is 48.5 Å². The van der Waals surface area contributed by atoms with Crippen molar-refractivity contribution in [2.45, 2.75) is 39.0 Å². The number of phenolic OH excluding ortho intramolecular Hbond substituents is 1. The van der Waals surface area contributed by atoms with Gasteiger partial charge in [0.1, 0.15) is 5.75 Å². The van der Waals surface area contributed by atoms with Gasteiger partial charge in [-0.1, -0.05) is 62.6 Å². The van der Waals surface area contributed by atoms with Crippen LogP contribution < -0.4 is 0 Å². The van der Waals surface area contributed by atoms with Crippen molar-refractivity contribution < 1.29 is 5.11 Å².